The van der Waals surface area contributed by atoms with Crippen LogP contribution in [-0.2, 0) is 28.6 Å². The topological polar surface area (TPSA) is 78.9 Å². The average molecular weight is 915 g/mol. The van der Waals surface area contributed by atoms with Gasteiger partial charge < -0.3 is 14.2 Å². The summed E-state index contributed by atoms with van der Waals surface area (Å²) < 4.78 is 16.7. The van der Waals surface area contributed by atoms with Gasteiger partial charge in [0.25, 0.3) is 0 Å². The van der Waals surface area contributed by atoms with E-state index in [-0.39, 0.29) is 37.5 Å². The van der Waals surface area contributed by atoms with Gasteiger partial charge in [-0.05, 0) is 116 Å². The van der Waals surface area contributed by atoms with E-state index in [0.29, 0.717) is 25.7 Å². The summed E-state index contributed by atoms with van der Waals surface area (Å²) in [5.41, 5.74) is 0. The van der Waals surface area contributed by atoms with Crippen molar-refractivity contribution in [2.24, 2.45) is 0 Å². The van der Waals surface area contributed by atoms with Gasteiger partial charge in [0.15, 0.2) is 6.10 Å². The highest BCUT2D eigenvalue weighted by Gasteiger charge is 2.19. The van der Waals surface area contributed by atoms with Crippen molar-refractivity contribution in [2.45, 2.75) is 239 Å². The summed E-state index contributed by atoms with van der Waals surface area (Å²) in [5, 5.41) is 0. The van der Waals surface area contributed by atoms with Crippen molar-refractivity contribution in [3.05, 3.63) is 109 Å². The summed E-state index contributed by atoms with van der Waals surface area (Å²) in [7, 11) is 0. The van der Waals surface area contributed by atoms with E-state index in [1.54, 1.807) is 0 Å². The van der Waals surface area contributed by atoms with Crippen molar-refractivity contribution in [2.75, 3.05) is 13.2 Å². The normalized spacial score (nSPS) is 13.0. The third-order valence-electron chi connectivity index (χ3n) is 11.0. The SMILES string of the molecule is CC/C=C\C/C=C\C/C=C\C/C=C\C/C=C\CCCC(=O)OC(COC(=O)CCCC/C=C\C/C=C\C/C=C\CC)COC(=O)CCCCCCCCC/C=C\CCCCCCCCCC. The lowest BCUT2D eigenvalue weighted by Crippen LogP contribution is -2.30. The summed E-state index contributed by atoms with van der Waals surface area (Å²) in [5.74, 6) is -1.02. The smallest absolute Gasteiger partial charge is 0.306 e. The summed E-state index contributed by atoms with van der Waals surface area (Å²) in [6.45, 7) is 6.31. The van der Waals surface area contributed by atoms with E-state index in [1.165, 1.54) is 89.9 Å². The molecule has 6 heteroatoms. The molecule has 0 aliphatic rings. The van der Waals surface area contributed by atoms with Gasteiger partial charge in [0.05, 0.1) is 0 Å². The molecule has 0 aliphatic heterocycles. The minimum atomic E-state index is -0.826. The van der Waals surface area contributed by atoms with Gasteiger partial charge in [-0.2, -0.15) is 0 Å². The van der Waals surface area contributed by atoms with Crippen LogP contribution < -0.4 is 0 Å². The zero-order chi connectivity index (χ0) is 47.9. The van der Waals surface area contributed by atoms with Crippen LogP contribution in [-0.4, -0.2) is 37.2 Å². The first-order valence-electron chi connectivity index (χ1n) is 26.9. The van der Waals surface area contributed by atoms with Gasteiger partial charge in [0.2, 0.25) is 0 Å². The maximum absolute atomic E-state index is 12.8. The molecule has 0 amide bonds. The molecule has 374 valence electrons. The Labute approximate surface area is 406 Å². The predicted octanol–water partition coefficient (Wildman–Crippen LogP) is 17.9. The average Bonchev–Trinajstić information content (AvgIpc) is 3.31. The maximum Gasteiger partial charge on any atom is 0.306 e. The molecule has 66 heavy (non-hydrogen) atoms. The number of hydrogen-bond donors (Lipinski definition) is 0. The molecule has 0 aromatic carbocycles. The Kier molecular flexibility index (Phi) is 50.5. The Morgan fingerprint density at radius 2 is 0.606 bits per heavy atom. The third-order valence-corrected chi connectivity index (χ3v) is 11.0. The Morgan fingerprint density at radius 1 is 0.318 bits per heavy atom. The van der Waals surface area contributed by atoms with E-state index in [2.05, 4.69) is 130 Å². The van der Waals surface area contributed by atoms with Crippen LogP contribution in [0.25, 0.3) is 0 Å². The number of allylic oxidation sites excluding steroid dienone is 18. The quantitative estimate of drug-likeness (QED) is 0.0262. The van der Waals surface area contributed by atoms with Gasteiger partial charge in [-0.3, -0.25) is 14.4 Å². The van der Waals surface area contributed by atoms with E-state index < -0.39 is 6.10 Å². The van der Waals surface area contributed by atoms with Gasteiger partial charge in [-0.15, -0.1) is 0 Å². The second kappa shape index (κ2) is 53.7. The van der Waals surface area contributed by atoms with Crippen LogP contribution in [0.5, 0.6) is 0 Å². The Morgan fingerprint density at radius 3 is 1.02 bits per heavy atom. The van der Waals surface area contributed by atoms with Crippen LogP contribution in [0.1, 0.15) is 233 Å². The van der Waals surface area contributed by atoms with Gasteiger partial charge in [-0.1, -0.05) is 207 Å². The summed E-state index contributed by atoms with van der Waals surface area (Å²) in [4.78, 5) is 38.0. The van der Waals surface area contributed by atoms with Gasteiger partial charge in [-0.25, -0.2) is 0 Å². The summed E-state index contributed by atoms with van der Waals surface area (Å²) >= 11 is 0. The lowest BCUT2D eigenvalue weighted by molar-refractivity contribution is -0.167. The molecule has 0 aliphatic carbocycles. The molecule has 0 saturated carbocycles. The first-order chi connectivity index (χ1) is 32.5. The highest BCUT2D eigenvalue weighted by Crippen LogP contribution is 2.13. The molecule has 1 atom stereocenters. The Hall–Kier alpha value is -3.93. The van der Waals surface area contributed by atoms with Crippen molar-refractivity contribution in [3.8, 4) is 0 Å². The molecule has 0 spiro atoms. The van der Waals surface area contributed by atoms with Gasteiger partial charge in [0.1, 0.15) is 13.2 Å². The number of ether oxygens (including phenoxy) is 3. The molecule has 1 unspecified atom stereocenters. The van der Waals surface area contributed by atoms with Gasteiger partial charge in [0, 0.05) is 19.3 Å². The largest absolute Gasteiger partial charge is 0.462 e. The van der Waals surface area contributed by atoms with E-state index in [4.69, 9.17) is 14.2 Å². The van der Waals surface area contributed by atoms with Crippen LogP contribution >= 0.6 is 0 Å². The third kappa shape index (κ3) is 51.1. The molecule has 0 heterocycles. The fourth-order valence-corrected chi connectivity index (χ4v) is 7.02. The van der Waals surface area contributed by atoms with Crippen molar-refractivity contribution in [1.29, 1.82) is 0 Å². The molecule has 0 radical (unpaired) electrons. The molecular formula is C60H98O6. The maximum atomic E-state index is 12.8. The van der Waals surface area contributed by atoms with Crippen molar-refractivity contribution >= 4 is 17.9 Å². The first kappa shape index (κ1) is 62.1. The Balaban J connectivity index is 4.49. The van der Waals surface area contributed by atoms with E-state index in [9.17, 15) is 14.4 Å². The van der Waals surface area contributed by atoms with Crippen LogP contribution in [0.15, 0.2) is 109 Å². The van der Waals surface area contributed by atoms with Crippen LogP contribution in [0.2, 0.25) is 0 Å². The number of carbonyl (C=O) groups is 3. The Bertz CT molecular complexity index is 1370. The number of carbonyl (C=O) groups excluding carboxylic acids is 3. The lowest BCUT2D eigenvalue weighted by atomic mass is 10.1. The number of rotatable bonds is 47. The molecule has 0 rings (SSSR count). The van der Waals surface area contributed by atoms with Crippen LogP contribution in [0.4, 0.5) is 0 Å². The standard InChI is InChI=1S/C60H98O6/c1-4-7-10-13-16-19-22-25-27-29-30-32-33-35-38-41-44-47-50-53-59(62)65-56-57(55-64-58(61)52-49-46-43-40-37-24-21-18-15-12-9-6-3)66-60(63)54-51-48-45-42-39-36-34-31-28-26-23-20-17-14-11-8-5-2/h8-9,11-12,17-18,20-21,26,28-30,34,36-37,40,42,45,57H,4-7,10,13-16,19,22-25,27,31-33,35,38-39,41,43-44,46-56H2,1-3H3/b11-8-,12-9-,20-17-,21-18-,28-26-,30-29-,36-34-,40-37-,45-42-. The van der Waals surface area contributed by atoms with E-state index >= 15 is 0 Å². The summed E-state index contributed by atoms with van der Waals surface area (Å²) in [6, 6.07) is 0. The fourth-order valence-electron chi connectivity index (χ4n) is 7.02. The van der Waals surface area contributed by atoms with Crippen LogP contribution in [0, 0.1) is 0 Å². The second-order valence-corrected chi connectivity index (χ2v) is 17.4. The zero-order valence-electron chi connectivity index (χ0n) is 42.7. The minimum Gasteiger partial charge on any atom is -0.462 e. The monoisotopic (exact) mass is 915 g/mol. The molecule has 0 aromatic heterocycles. The summed E-state index contributed by atoms with van der Waals surface area (Å²) in [6.07, 6.45) is 72.3. The van der Waals surface area contributed by atoms with E-state index in [1.807, 2.05) is 0 Å². The fraction of sp³-hybridized carbons (Fsp3) is 0.650. The zero-order valence-corrected chi connectivity index (χ0v) is 42.7. The lowest BCUT2D eigenvalue weighted by Gasteiger charge is -2.18. The molecule has 0 fully saturated rings. The second-order valence-electron chi connectivity index (χ2n) is 17.4. The van der Waals surface area contributed by atoms with Crippen molar-refractivity contribution < 1.29 is 28.6 Å². The van der Waals surface area contributed by atoms with Crippen molar-refractivity contribution in [3.63, 3.8) is 0 Å². The molecular weight excluding hydrogens is 817 g/mol. The highest BCUT2D eigenvalue weighted by atomic mass is 16.6. The molecule has 0 saturated heterocycles. The minimum absolute atomic E-state index is 0.117. The van der Waals surface area contributed by atoms with Crippen molar-refractivity contribution in [1.82, 2.24) is 0 Å². The molecule has 6 nitrogen and oxygen atoms in total. The van der Waals surface area contributed by atoms with E-state index in [0.717, 1.165) is 89.9 Å². The number of unbranched alkanes of at least 4 members (excludes halogenated alkanes) is 18. The molecule has 0 bridgehead atoms. The van der Waals surface area contributed by atoms with Gasteiger partial charge >= 0.3 is 17.9 Å². The predicted molar refractivity (Wildman–Crippen MR) is 283 cm³/mol. The highest BCUT2D eigenvalue weighted by molar-refractivity contribution is 5.71. The number of hydrogen-bond acceptors (Lipinski definition) is 6. The van der Waals surface area contributed by atoms with Crippen LogP contribution in [0.3, 0.4) is 0 Å². The molecule has 0 N–H and O–H groups in total. The first-order valence-corrected chi connectivity index (χ1v) is 26.9. The number of esters is 3. The molecule has 0 aromatic rings.